The van der Waals surface area contributed by atoms with E-state index in [1.807, 2.05) is 0 Å². The van der Waals surface area contributed by atoms with Crippen LogP contribution in [-0.2, 0) is 14.0 Å². The molecular weight excluding hydrogens is 105 g/mol. The van der Waals surface area contributed by atoms with Crippen molar-refractivity contribution in [3.63, 3.8) is 0 Å². The van der Waals surface area contributed by atoms with Gasteiger partial charge in [0, 0.05) is 0 Å². The molecule has 0 rings (SSSR count). The molecule has 34 valence electrons. The number of rotatable bonds is 1. The molecule has 0 radical (unpaired) electrons. The molecule has 0 aliphatic rings. The van der Waals surface area contributed by atoms with Crippen LogP contribution in [0.1, 0.15) is 0 Å². The van der Waals surface area contributed by atoms with Crippen LogP contribution in [0.15, 0.2) is 0 Å². The zero-order valence-corrected chi connectivity index (χ0v) is 3.64. The van der Waals surface area contributed by atoms with Crippen molar-refractivity contribution in [2.45, 2.75) is 0 Å². The van der Waals surface area contributed by atoms with E-state index in [4.69, 9.17) is 9.81 Å². The van der Waals surface area contributed by atoms with Gasteiger partial charge < -0.3 is 0 Å². The standard InChI is InChI=1S/Be.H2O4S/c;1-4-5(2)3/h;1H,(H,2,3). The Hall–Kier alpha value is 0.199. The van der Waals surface area contributed by atoms with Gasteiger partial charge in [-0.05, 0) is 0 Å². The van der Waals surface area contributed by atoms with Gasteiger partial charge in [0.05, 0.1) is 0 Å². The molecule has 0 aromatic carbocycles. The van der Waals surface area contributed by atoms with E-state index >= 15 is 0 Å². The van der Waals surface area contributed by atoms with Crippen molar-refractivity contribution in [3.8, 4) is 0 Å². The maximum absolute atomic E-state index is 9.53. The van der Waals surface area contributed by atoms with Gasteiger partial charge in [-0.1, -0.05) is 0 Å². The fraction of sp³-hybridized carbons (Fsp3) is 0. The van der Waals surface area contributed by atoms with Crippen molar-refractivity contribution >= 4 is 17.8 Å². The summed E-state index contributed by atoms with van der Waals surface area (Å²) < 4.78 is 20.2. The van der Waals surface area contributed by atoms with Crippen molar-refractivity contribution in [3.05, 3.63) is 0 Å². The number of hydrogen-bond donors (Lipinski definition) is 2. The minimum absolute atomic E-state index is 2.50. The quantitative estimate of drug-likeness (QED) is 0.262. The van der Waals surface area contributed by atoms with Crippen molar-refractivity contribution in [1.82, 2.24) is 0 Å². The zero-order valence-electron chi connectivity index (χ0n) is 2.83. The normalized spacial score (nSPS) is 20.0. The third-order valence-corrected chi connectivity index (χ3v) is 0.349. The maximum atomic E-state index is 9.53. The van der Waals surface area contributed by atoms with Gasteiger partial charge in [0.1, 0.15) is 0 Å². The summed E-state index contributed by atoms with van der Waals surface area (Å²) in [7, 11) is -1.11. The second-order valence-electron chi connectivity index (χ2n) is 0.656. The molecule has 0 aliphatic carbocycles. The summed E-state index contributed by atoms with van der Waals surface area (Å²) in [5.74, 6) is 0. The van der Waals surface area contributed by atoms with Crippen molar-refractivity contribution in [2.24, 2.45) is 0 Å². The molecule has 1 unspecified atom stereocenters. The topological polar surface area (TPSA) is 66.8 Å². The van der Waals surface area contributed by atoms with E-state index < -0.39 is 9.63 Å². The van der Waals surface area contributed by atoms with E-state index in [-0.39, 0.29) is 0 Å². The fourth-order valence-electron chi connectivity index (χ4n) is 0. The Morgan fingerprint density at radius 2 is 2.00 bits per heavy atom. The first kappa shape index (κ1) is 6.20. The Balaban J connectivity index is 3.85. The summed E-state index contributed by atoms with van der Waals surface area (Å²) >= 11 is 0. The van der Waals surface area contributed by atoms with Gasteiger partial charge in [-0.3, -0.25) is 0 Å². The first-order valence-corrected chi connectivity index (χ1v) is 2.60. The van der Waals surface area contributed by atoms with Gasteiger partial charge in [-0.2, -0.15) is 0 Å². The van der Waals surface area contributed by atoms with Gasteiger partial charge >= 0.3 is 36.2 Å². The Bertz CT molecular complexity index is 110. The molecular formula is H2BeO4S. The van der Waals surface area contributed by atoms with E-state index in [2.05, 4.69) is 12.5 Å². The molecule has 2 N–H and O–H groups in total. The predicted octanol–water partition coefficient (Wildman–Crippen LogP) is -0.768. The van der Waals surface area contributed by atoms with Crippen LogP contribution in [0, 0.1) is 0 Å². The van der Waals surface area contributed by atoms with Gasteiger partial charge in [-0.15, -0.1) is 0 Å². The SMILES string of the molecule is [Be]=[S](=O)(O)OO. The molecule has 0 saturated heterocycles. The molecule has 4 nitrogen and oxygen atoms in total. The van der Waals surface area contributed by atoms with Crippen molar-refractivity contribution in [1.29, 1.82) is 0 Å². The Morgan fingerprint density at radius 3 is 2.00 bits per heavy atom. The van der Waals surface area contributed by atoms with Crippen molar-refractivity contribution in [2.75, 3.05) is 0 Å². The summed E-state index contributed by atoms with van der Waals surface area (Å²) in [6, 6.07) is 0. The first-order valence-electron chi connectivity index (χ1n) is 0.987. The van der Waals surface area contributed by atoms with Gasteiger partial charge in [0.25, 0.3) is 0 Å². The molecule has 0 aromatic rings. The molecule has 0 aliphatic heterocycles. The Labute approximate surface area is 37.1 Å². The van der Waals surface area contributed by atoms with E-state index in [9.17, 15) is 4.21 Å². The molecule has 0 amide bonds. The molecule has 0 spiro atoms. The van der Waals surface area contributed by atoms with Crippen LogP contribution in [0.25, 0.3) is 0 Å². The van der Waals surface area contributed by atoms with Crippen LogP contribution in [0.3, 0.4) is 0 Å². The van der Waals surface area contributed by atoms with E-state index in [0.717, 1.165) is 0 Å². The molecule has 6 heteroatoms. The van der Waals surface area contributed by atoms with E-state index in [0.29, 0.717) is 0 Å². The summed E-state index contributed by atoms with van der Waals surface area (Å²) in [5, 5.41) is 7.31. The Kier molecular flexibility index (Phi) is 1.83. The van der Waals surface area contributed by atoms with Crippen molar-refractivity contribution < 1.29 is 18.4 Å². The van der Waals surface area contributed by atoms with Gasteiger partial charge in [0.2, 0.25) is 0 Å². The van der Waals surface area contributed by atoms with E-state index in [1.54, 1.807) is 0 Å². The molecule has 1 atom stereocenters. The molecule has 0 heterocycles. The molecule has 6 heavy (non-hydrogen) atoms. The van der Waals surface area contributed by atoms with Crippen LogP contribution in [0.4, 0.5) is 0 Å². The Morgan fingerprint density at radius 1 is 1.83 bits per heavy atom. The van der Waals surface area contributed by atoms with Gasteiger partial charge in [-0.25, -0.2) is 0 Å². The molecule has 0 saturated carbocycles. The summed E-state index contributed by atoms with van der Waals surface area (Å²) in [6.07, 6.45) is 0. The predicted molar refractivity (Wildman–Crippen MR) is 20.2 cm³/mol. The van der Waals surface area contributed by atoms with Crippen LogP contribution >= 0.6 is 0 Å². The fourth-order valence-corrected chi connectivity index (χ4v) is 0. The summed E-state index contributed by atoms with van der Waals surface area (Å²) in [6.45, 7) is 0. The third-order valence-electron chi connectivity index (χ3n) is 0.116. The summed E-state index contributed by atoms with van der Waals surface area (Å²) in [4.78, 5) is 0. The molecule has 0 aromatic heterocycles. The van der Waals surface area contributed by atoms with Gasteiger partial charge in [0.15, 0.2) is 0 Å². The monoisotopic (exact) mass is 107 g/mol. The molecule has 0 fully saturated rings. The van der Waals surface area contributed by atoms with Crippen LogP contribution in [0.5, 0.6) is 0 Å². The van der Waals surface area contributed by atoms with Crippen LogP contribution in [-0.4, -0.2) is 22.2 Å². The minimum atomic E-state index is -3.61. The molecule has 0 bridgehead atoms. The van der Waals surface area contributed by atoms with Crippen LogP contribution in [0.2, 0.25) is 0 Å². The third kappa shape index (κ3) is 4.20. The average Bonchev–Trinajstić information content (AvgIpc) is 1.35. The first-order chi connectivity index (χ1) is 2.56. The zero-order chi connectivity index (χ0) is 5.21. The van der Waals surface area contributed by atoms with E-state index in [1.165, 1.54) is 0 Å². The second kappa shape index (κ2) is 1.77. The summed E-state index contributed by atoms with van der Waals surface area (Å²) in [5.41, 5.74) is 0. The average molecular weight is 107 g/mol. The second-order valence-corrected chi connectivity index (χ2v) is 1.97. The van der Waals surface area contributed by atoms with Crippen LogP contribution < -0.4 is 0 Å². The number of hydrogen-bond acceptors (Lipinski definition) is 3.